The number of hydrogen-bond acceptors (Lipinski definition) is 6. The number of hydrogen-bond donors (Lipinski definition) is 0. The van der Waals surface area contributed by atoms with Gasteiger partial charge < -0.3 is 4.42 Å². The lowest BCUT2D eigenvalue weighted by Crippen LogP contribution is -2.25. The monoisotopic (exact) mass is 419 g/mol. The molecule has 0 bridgehead atoms. The first-order valence-corrected chi connectivity index (χ1v) is 10.0. The van der Waals surface area contributed by atoms with Crippen molar-refractivity contribution in [2.75, 3.05) is 4.90 Å². The molecule has 0 spiro atoms. The highest BCUT2D eigenvalue weighted by Gasteiger charge is 2.31. The fourth-order valence-corrected chi connectivity index (χ4v) is 3.78. The molecule has 1 fully saturated rings. The van der Waals surface area contributed by atoms with E-state index in [9.17, 15) is 4.79 Å². The average molecular weight is 420 g/mol. The van der Waals surface area contributed by atoms with Crippen LogP contribution in [0, 0.1) is 13.8 Å². The van der Waals surface area contributed by atoms with Crippen LogP contribution in [0.2, 0.25) is 5.02 Å². The van der Waals surface area contributed by atoms with Gasteiger partial charge in [0.15, 0.2) is 5.76 Å². The molecule has 0 unspecified atom stereocenters. The minimum Gasteiger partial charge on any atom is -0.460 e. The van der Waals surface area contributed by atoms with Gasteiger partial charge in [-0.25, -0.2) is 19.9 Å². The molecule has 150 valence electrons. The lowest BCUT2D eigenvalue weighted by atomic mass is 10.0. The Kier molecular flexibility index (Phi) is 4.47. The van der Waals surface area contributed by atoms with Crippen molar-refractivity contribution < 1.29 is 9.21 Å². The summed E-state index contributed by atoms with van der Waals surface area (Å²) < 4.78 is 5.86. The Morgan fingerprint density at radius 2 is 2.00 bits per heavy atom. The smallest absolute Gasteiger partial charge is 0.232 e. The highest BCUT2D eigenvalue weighted by molar-refractivity contribution is 6.35. The summed E-state index contributed by atoms with van der Waals surface area (Å²) in [5.74, 6) is 1.74. The molecule has 4 aromatic rings. The van der Waals surface area contributed by atoms with E-state index in [1.54, 1.807) is 11.1 Å². The van der Waals surface area contributed by atoms with Gasteiger partial charge in [-0.15, -0.1) is 0 Å². The quantitative estimate of drug-likeness (QED) is 0.434. The van der Waals surface area contributed by atoms with Crippen LogP contribution in [0.3, 0.4) is 0 Å². The summed E-state index contributed by atoms with van der Waals surface area (Å²) in [7, 11) is 0. The molecule has 8 heteroatoms. The molecule has 3 heterocycles. The number of aromatic nitrogens is 4. The van der Waals surface area contributed by atoms with E-state index < -0.39 is 0 Å². The van der Waals surface area contributed by atoms with Crippen LogP contribution in [0.15, 0.2) is 41.2 Å². The van der Waals surface area contributed by atoms with Crippen molar-refractivity contribution in [2.24, 2.45) is 0 Å². The number of carbonyl (C=O) groups excluding carboxylic acids is 1. The van der Waals surface area contributed by atoms with Crippen molar-refractivity contribution in [3.63, 3.8) is 0 Å². The van der Waals surface area contributed by atoms with Crippen LogP contribution >= 0.6 is 11.6 Å². The van der Waals surface area contributed by atoms with Gasteiger partial charge in [0.05, 0.1) is 10.5 Å². The number of rotatable bonds is 5. The molecule has 0 N–H and O–H groups in total. The summed E-state index contributed by atoms with van der Waals surface area (Å²) in [4.78, 5) is 31.0. The van der Waals surface area contributed by atoms with Gasteiger partial charge >= 0.3 is 0 Å². The van der Waals surface area contributed by atoms with E-state index in [1.165, 1.54) is 6.33 Å². The third-order valence-corrected chi connectivity index (χ3v) is 5.53. The summed E-state index contributed by atoms with van der Waals surface area (Å²) >= 11 is 6.53. The molecule has 7 nitrogen and oxygen atoms in total. The molecule has 5 rings (SSSR count). The number of benzene rings is 1. The third kappa shape index (κ3) is 3.21. The number of anilines is 1. The summed E-state index contributed by atoms with van der Waals surface area (Å²) in [5, 5.41) is 1.38. The summed E-state index contributed by atoms with van der Waals surface area (Å²) in [6, 6.07) is 7.72. The molecule has 30 heavy (non-hydrogen) atoms. The molecule has 1 saturated carbocycles. The van der Waals surface area contributed by atoms with Gasteiger partial charge in [0.2, 0.25) is 12.4 Å². The zero-order valence-electron chi connectivity index (χ0n) is 16.5. The number of fused-ring (bicyclic) bond motifs is 1. The molecule has 3 aromatic heterocycles. The van der Waals surface area contributed by atoms with Gasteiger partial charge in [-0.1, -0.05) is 11.6 Å². The van der Waals surface area contributed by atoms with E-state index in [0.29, 0.717) is 27.9 Å². The fourth-order valence-electron chi connectivity index (χ4n) is 3.51. The third-order valence-electron chi connectivity index (χ3n) is 5.24. The van der Waals surface area contributed by atoms with E-state index in [4.69, 9.17) is 21.0 Å². The molecule has 1 aliphatic rings. The maximum Gasteiger partial charge on any atom is 0.232 e. The first-order chi connectivity index (χ1) is 14.5. The second-order valence-corrected chi connectivity index (χ2v) is 7.81. The maximum atomic E-state index is 11.6. The van der Waals surface area contributed by atoms with Crippen LogP contribution < -0.4 is 4.90 Å². The predicted octanol–water partition coefficient (Wildman–Crippen LogP) is 4.74. The number of aryl methyl sites for hydroxylation is 2. The number of carbonyl (C=O) groups is 1. The Labute approximate surface area is 177 Å². The average Bonchev–Trinajstić information content (AvgIpc) is 3.48. The Hall–Kier alpha value is -3.32. The fraction of sp³-hybridized carbons (Fsp3) is 0.227. The van der Waals surface area contributed by atoms with Crippen LogP contribution in [-0.4, -0.2) is 32.4 Å². The molecule has 0 aliphatic heterocycles. The zero-order valence-corrected chi connectivity index (χ0v) is 17.2. The van der Waals surface area contributed by atoms with Gasteiger partial charge in [-0.2, -0.15) is 0 Å². The first-order valence-electron chi connectivity index (χ1n) is 9.64. The Balaban J connectivity index is 1.72. The Bertz CT molecular complexity index is 1280. The van der Waals surface area contributed by atoms with Crippen molar-refractivity contribution >= 4 is 34.9 Å². The van der Waals surface area contributed by atoms with Crippen molar-refractivity contribution in [2.45, 2.75) is 32.7 Å². The summed E-state index contributed by atoms with van der Waals surface area (Å²) in [6.45, 7) is 3.79. The minimum absolute atomic E-state index is 0.162. The van der Waals surface area contributed by atoms with Crippen molar-refractivity contribution in [3.05, 3.63) is 53.3 Å². The maximum absolute atomic E-state index is 11.6. The van der Waals surface area contributed by atoms with Crippen LogP contribution in [0.4, 0.5) is 5.95 Å². The molecule has 1 amide bonds. The van der Waals surface area contributed by atoms with Crippen LogP contribution in [0.25, 0.3) is 33.5 Å². The van der Waals surface area contributed by atoms with Gasteiger partial charge in [-0.3, -0.25) is 9.69 Å². The van der Waals surface area contributed by atoms with E-state index in [2.05, 4.69) is 15.0 Å². The zero-order chi connectivity index (χ0) is 20.8. The van der Waals surface area contributed by atoms with Crippen molar-refractivity contribution in [1.29, 1.82) is 0 Å². The van der Waals surface area contributed by atoms with Gasteiger partial charge in [0.25, 0.3) is 0 Å². The van der Waals surface area contributed by atoms with Gasteiger partial charge in [-0.05, 0) is 56.5 Å². The summed E-state index contributed by atoms with van der Waals surface area (Å²) in [5.41, 5.74) is 3.71. The van der Waals surface area contributed by atoms with Gasteiger partial charge in [0, 0.05) is 28.9 Å². The Morgan fingerprint density at radius 1 is 1.17 bits per heavy atom. The minimum atomic E-state index is 0.162. The topological polar surface area (TPSA) is 85.0 Å². The normalized spacial score (nSPS) is 13.6. The van der Waals surface area contributed by atoms with E-state index in [0.717, 1.165) is 47.2 Å². The van der Waals surface area contributed by atoms with Crippen LogP contribution in [0.5, 0.6) is 0 Å². The van der Waals surface area contributed by atoms with E-state index in [-0.39, 0.29) is 6.04 Å². The number of furan rings is 1. The SMILES string of the molecule is Cc1ccc(-c2nc(N(C=O)C3CC3)ncc2-c2cc(Cl)c3ncnc(C)c3c2)o1. The molecular formula is C22H18ClN5O2. The first kappa shape index (κ1) is 18.7. The molecule has 1 aromatic carbocycles. The van der Waals surface area contributed by atoms with Crippen LogP contribution in [0.1, 0.15) is 24.3 Å². The van der Waals surface area contributed by atoms with Gasteiger partial charge in [0.1, 0.15) is 17.8 Å². The standard InChI is InChI=1S/C22H18ClN5O2/c1-12-3-6-19(30-12)21-17(9-24-22(27-21)28(11-29)15-4-5-15)14-7-16-13(2)25-10-26-20(16)18(23)8-14/h3,6-11,15H,4-5H2,1-2H3. The molecule has 0 saturated heterocycles. The highest BCUT2D eigenvalue weighted by Crippen LogP contribution is 2.37. The number of nitrogens with zero attached hydrogens (tertiary/aromatic N) is 5. The largest absolute Gasteiger partial charge is 0.460 e. The molecular weight excluding hydrogens is 402 g/mol. The predicted molar refractivity (Wildman–Crippen MR) is 114 cm³/mol. The van der Waals surface area contributed by atoms with E-state index >= 15 is 0 Å². The van der Waals surface area contributed by atoms with E-state index in [1.807, 2.05) is 38.1 Å². The lowest BCUT2D eigenvalue weighted by molar-refractivity contribution is -0.107. The lowest BCUT2D eigenvalue weighted by Gasteiger charge is -2.16. The van der Waals surface area contributed by atoms with Crippen molar-refractivity contribution in [3.8, 4) is 22.6 Å². The van der Waals surface area contributed by atoms with Crippen molar-refractivity contribution in [1.82, 2.24) is 19.9 Å². The molecule has 0 radical (unpaired) electrons. The number of amides is 1. The Morgan fingerprint density at radius 3 is 2.70 bits per heavy atom. The van der Waals surface area contributed by atoms with Crippen LogP contribution in [-0.2, 0) is 4.79 Å². The summed E-state index contributed by atoms with van der Waals surface area (Å²) in [6.07, 6.45) is 5.92. The molecule has 0 atom stereocenters. The number of halogens is 1. The second kappa shape index (κ2) is 7.18. The second-order valence-electron chi connectivity index (χ2n) is 7.40. The molecule has 1 aliphatic carbocycles. The highest BCUT2D eigenvalue weighted by atomic mass is 35.5.